The molecule has 106 valence electrons. The summed E-state index contributed by atoms with van der Waals surface area (Å²) in [6.45, 7) is 0.127. The Balaban J connectivity index is 2.29. The van der Waals surface area contributed by atoms with Crippen molar-refractivity contribution in [3.8, 4) is 5.75 Å². The van der Waals surface area contributed by atoms with Crippen LogP contribution in [0.3, 0.4) is 0 Å². The van der Waals surface area contributed by atoms with Gasteiger partial charge in [0.05, 0.1) is 5.02 Å². The summed E-state index contributed by atoms with van der Waals surface area (Å²) in [5.74, 6) is 0.0905. The quantitative estimate of drug-likeness (QED) is 0.940. The van der Waals surface area contributed by atoms with Gasteiger partial charge in [-0.15, -0.1) is 0 Å². The smallest absolute Gasteiger partial charge is 0.246 e. The predicted octanol–water partition coefficient (Wildman–Crippen LogP) is 2.26. The van der Waals surface area contributed by atoms with Crippen molar-refractivity contribution >= 4 is 21.6 Å². The third-order valence-electron chi connectivity index (χ3n) is 2.74. The van der Waals surface area contributed by atoms with E-state index in [9.17, 15) is 13.5 Å². The average Bonchev–Trinajstić information content (AvgIpc) is 2.39. The van der Waals surface area contributed by atoms with Gasteiger partial charge >= 0.3 is 0 Å². The first-order valence-electron chi connectivity index (χ1n) is 5.75. The molecule has 0 spiro atoms. The Labute approximate surface area is 122 Å². The second-order valence-electron chi connectivity index (χ2n) is 4.24. The fourth-order valence-electron chi connectivity index (χ4n) is 1.72. The van der Waals surface area contributed by atoms with Crippen molar-refractivity contribution < 1.29 is 13.5 Å². The van der Waals surface area contributed by atoms with Crippen molar-refractivity contribution in [3.63, 3.8) is 0 Å². The van der Waals surface area contributed by atoms with Crippen LogP contribution < -0.4 is 0 Å². The number of rotatable bonds is 4. The maximum absolute atomic E-state index is 12.4. The molecule has 1 N–H and O–H groups in total. The highest BCUT2D eigenvalue weighted by Crippen LogP contribution is 2.24. The van der Waals surface area contributed by atoms with Gasteiger partial charge in [0, 0.05) is 26.0 Å². The lowest BCUT2D eigenvalue weighted by Crippen LogP contribution is -2.26. The molecule has 2 rings (SSSR count). The highest BCUT2D eigenvalue weighted by Gasteiger charge is 2.23. The third kappa shape index (κ3) is 3.09. The Hall–Kier alpha value is -1.63. The van der Waals surface area contributed by atoms with Crippen LogP contribution in [0.2, 0.25) is 5.02 Å². The van der Waals surface area contributed by atoms with E-state index >= 15 is 0 Å². The number of phenols is 1. The Kier molecular flexibility index (Phi) is 4.27. The maximum atomic E-state index is 12.4. The Morgan fingerprint density at radius 1 is 1.35 bits per heavy atom. The van der Waals surface area contributed by atoms with Gasteiger partial charge in [-0.2, -0.15) is 4.31 Å². The van der Waals surface area contributed by atoms with Crippen LogP contribution in [0.4, 0.5) is 0 Å². The highest BCUT2D eigenvalue weighted by molar-refractivity contribution is 7.89. The van der Waals surface area contributed by atoms with Crippen molar-refractivity contribution in [2.24, 2.45) is 0 Å². The molecule has 0 aliphatic carbocycles. The summed E-state index contributed by atoms with van der Waals surface area (Å²) in [7, 11) is -2.28. The molecule has 2 aromatic rings. The summed E-state index contributed by atoms with van der Waals surface area (Å²) in [6, 6.07) is 7.85. The molecule has 5 nitrogen and oxygen atoms in total. The number of aromatic nitrogens is 1. The number of phenolic OH excluding ortho intramolecular Hbond substituents is 1. The van der Waals surface area contributed by atoms with E-state index in [-0.39, 0.29) is 22.2 Å². The zero-order valence-electron chi connectivity index (χ0n) is 10.7. The van der Waals surface area contributed by atoms with Gasteiger partial charge in [-0.05, 0) is 23.8 Å². The monoisotopic (exact) mass is 312 g/mol. The van der Waals surface area contributed by atoms with Gasteiger partial charge in [0.25, 0.3) is 0 Å². The van der Waals surface area contributed by atoms with Gasteiger partial charge in [0.15, 0.2) is 0 Å². The minimum atomic E-state index is -3.72. The van der Waals surface area contributed by atoms with Gasteiger partial charge in [0.1, 0.15) is 10.6 Å². The van der Waals surface area contributed by atoms with Crippen LogP contribution in [0.25, 0.3) is 0 Å². The van der Waals surface area contributed by atoms with Gasteiger partial charge in [-0.1, -0.05) is 23.7 Å². The Bertz CT molecular complexity index is 719. The van der Waals surface area contributed by atoms with Crippen LogP contribution in [0.1, 0.15) is 5.56 Å². The lowest BCUT2D eigenvalue weighted by Gasteiger charge is -2.17. The molecule has 0 saturated heterocycles. The van der Waals surface area contributed by atoms with E-state index in [4.69, 9.17) is 11.6 Å². The van der Waals surface area contributed by atoms with Crippen molar-refractivity contribution in [2.75, 3.05) is 7.05 Å². The average molecular weight is 313 g/mol. The molecule has 0 aliphatic rings. The summed E-state index contributed by atoms with van der Waals surface area (Å²) < 4.78 is 25.9. The summed E-state index contributed by atoms with van der Waals surface area (Å²) in [6.07, 6.45) is 2.65. The minimum Gasteiger partial charge on any atom is -0.508 e. The molecule has 0 saturated carbocycles. The topological polar surface area (TPSA) is 70.5 Å². The number of pyridine rings is 1. The lowest BCUT2D eigenvalue weighted by molar-refractivity contribution is 0.458. The first-order valence-corrected chi connectivity index (χ1v) is 7.57. The molecular formula is C13H13ClN2O3S. The number of hydrogen-bond acceptors (Lipinski definition) is 4. The standard InChI is InChI=1S/C13H13ClN2O3S/c1-16(9-10-3-2-4-11(17)7-10)20(18,19)13-8-15-6-5-12(13)14/h2-8,17H,9H2,1H3. The van der Waals surface area contributed by atoms with Gasteiger partial charge < -0.3 is 5.11 Å². The van der Waals surface area contributed by atoms with E-state index in [0.29, 0.717) is 5.56 Å². The fourth-order valence-corrected chi connectivity index (χ4v) is 3.28. The van der Waals surface area contributed by atoms with Gasteiger partial charge in [-0.25, -0.2) is 8.42 Å². The normalized spacial score (nSPS) is 11.8. The molecule has 0 unspecified atom stereocenters. The number of aromatic hydroxyl groups is 1. The van der Waals surface area contributed by atoms with Crippen molar-refractivity contribution in [2.45, 2.75) is 11.4 Å². The van der Waals surface area contributed by atoms with Crippen LogP contribution in [-0.4, -0.2) is 29.9 Å². The van der Waals surface area contributed by atoms with Crippen LogP contribution >= 0.6 is 11.6 Å². The van der Waals surface area contributed by atoms with Crippen molar-refractivity contribution in [1.82, 2.24) is 9.29 Å². The van der Waals surface area contributed by atoms with E-state index in [1.165, 1.54) is 37.6 Å². The number of nitrogens with zero attached hydrogens (tertiary/aromatic N) is 2. The second-order valence-corrected chi connectivity index (χ2v) is 6.66. The summed E-state index contributed by atoms with van der Waals surface area (Å²) in [4.78, 5) is 3.75. The first kappa shape index (κ1) is 14.8. The van der Waals surface area contributed by atoms with E-state index in [1.54, 1.807) is 12.1 Å². The molecule has 20 heavy (non-hydrogen) atoms. The van der Waals surface area contributed by atoms with Crippen molar-refractivity contribution in [3.05, 3.63) is 53.3 Å². The Morgan fingerprint density at radius 3 is 2.75 bits per heavy atom. The molecule has 7 heteroatoms. The van der Waals surface area contributed by atoms with Crippen LogP contribution in [0.15, 0.2) is 47.6 Å². The second kappa shape index (κ2) is 5.78. The first-order chi connectivity index (χ1) is 9.41. The predicted molar refractivity (Wildman–Crippen MR) is 76.0 cm³/mol. The molecule has 1 heterocycles. The van der Waals surface area contributed by atoms with Gasteiger partial charge in [-0.3, -0.25) is 4.98 Å². The van der Waals surface area contributed by atoms with E-state index < -0.39 is 10.0 Å². The number of sulfonamides is 1. The Morgan fingerprint density at radius 2 is 2.10 bits per heavy atom. The summed E-state index contributed by atoms with van der Waals surface area (Å²) >= 11 is 5.90. The molecule has 1 aromatic heterocycles. The van der Waals surface area contributed by atoms with Crippen LogP contribution in [0, 0.1) is 0 Å². The molecular weight excluding hydrogens is 300 g/mol. The largest absolute Gasteiger partial charge is 0.508 e. The molecule has 0 aliphatic heterocycles. The number of benzene rings is 1. The molecule has 0 radical (unpaired) electrons. The highest BCUT2D eigenvalue weighted by atomic mass is 35.5. The molecule has 0 fully saturated rings. The third-order valence-corrected chi connectivity index (χ3v) is 5.01. The van der Waals surface area contributed by atoms with Gasteiger partial charge in [0.2, 0.25) is 10.0 Å². The molecule has 0 amide bonds. The maximum Gasteiger partial charge on any atom is 0.246 e. The number of halogens is 1. The van der Waals surface area contributed by atoms with E-state index in [1.807, 2.05) is 0 Å². The zero-order chi connectivity index (χ0) is 14.8. The molecule has 0 atom stereocenters. The SMILES string of the molecule is CN(Cc1cccc(O)c1)S(=O)(=O)c1cnccc1Cl. The van der Waals surface area contributed by atoms with E-state index in [0.717, 1.165) is 4.31 Å². The zero-order valence-corrected chi connectivity index (χ0v) is 12.3. The van der Waals surface area contributed by atoms with Crippen molar-refractivity contribution in [1.29, 1.82) is 0 Å². The lowest BCUT2D eigenvalue weighted by atomic mass is 10.2. The fraction of sp³-hybridized carbons (Fsp3) is 0.154. The minimum absolute atomic E-state index is 0.0377. The van der Waals surface area contributed by atoms with Crippen LogP contribution in [0.5, 0.6) is 5.75 Å². The number of hydrogen-bond donors (Lipinski definition) is 1. The molecule has 0 bridgehead atoms. The summed E-state index contributed by atoms with van der Waals surface area (Å²) in [5, 5.41) is 9.52. The van der Waals surface area contributed by atoms with E-state index in [2.05, 4.69) is 4.98 Å². The van der Waals surface area contributed by atoms with Crippen LogP contribution in [-0.2, 0) is 16.6 Å². The molecule has 1 aromatic carbocycles. The summed E-state index contributed by atoms with van der Waals surface area (Å²) in [5.41, 5.74) is 0.677.